The van der Waals surface area contributed by atoms with E-state index in [1.807, 2.05) is 36.4 Å². The molecule has 0 bridgehead atoms. The number of hydrogen-bond acceptors (Lipinski definition) is 5. The number of hydrogen-bond donors (Lipinski definition) is 2. The van der Waals surface area contributed by atoms with Crippen molar-refractivity contribution < 1.29 is 14.4 Å². The van der Waals surface area contributed by atoms with Crippen LogP contribution in [-0.2, 0) is 6.61 Å². The molecule has 3 rings (SSSR count). The van der Waals surface area contributed by atoms with Crippen LogP contribution in [0.5, 0.6) is 0 Å². The number of aliphatic hydroxyl groups is 1. The Hall–Kier alpha value is -3.43. The monoisotopic (exact) mass is 333 g/mol. The van der Waals surface area contributed by atoms with Crippen LogP contribution in [0.3, 0.4) is 0 Å². The molecule has 124 valence electrons. The van der Waals surface area contributed by atoms with Crippen molar-refractivity contribution in [1.82, 2.24) is 10.5 Å². The van der Waals surface area contributed by atoms with Crippen molar-refractivity contribution in [3.8, 4) is 28.7 Å². The van der Waals surface area contributed by atoms with Gasteiger partial charge in [0, 0.05) is 22.8 Å². The van der Waals surface area contributed by atoms with Crippen molar-refractivity contribution in [1.29, 1.82) is 5.26 Å². The number of nitriles is 1. The van der Waals surface area contributed by atoms with Crippen LogP contribution in [0, 0.1) is 11.3 Å². The Kier molecular flexibility index (Phi) is 4.88. The first-order valence-electron chi connectivity index (χ1n) is 7.64. The first-order chi connectivity index (χ1) is 12.2. The fraction of sp³-hybridized carbons (Fsp3) is 0.105. The number of rotatable bonds is 5. The summed E-state index contributed by atoms with van der Waals surface area (Å²) in [5, 5.41) is 24.2. The van der Waals surface area contributed by atoms with Crippen LogP contribution in [0.25, 0.3) is 22.6 Å². The molecule has 1 aromatic heterocycles. The highest BCUT2D eigenvalue weighted by Crippen LogP contribution is 2.26. The van der Waals surface area contributed by atoms with Gasteiger partial charge >= 0.3 is 0 Å². The molecular formula is C19H15N3O3. The van der Waals surface area contributed by atoms with Gasteiger partial charge in [0.1, 0.15) is 12.2 Å². The van der Waals surface area contributed by atoms with E-state index in [-0.39, 0.29) is 19.1 Å². The molecule has 2 N–H and O–H groups in total. The first kappa shape index (κ1) is 16.4. The summed E-state index contributed by atoms with van der Waals surface area (Å²) >= 11 is 0. The Morgan fingerprint density at radius 1 is 1.16 bits per heavy atom. The summed E-state index contributed by atoms with van der Waals surface area (Å²) in [5.74, 6) is 0.283. The number of amides is 1. The highest BCUT2D eigenvalue weighted by Gasteiger charge is 2.11. The minimum Gasteiger partial charge on any atom is -0.392 e. The first-order valence-corrected chi connectivity index (χ1v) is 7.64. The molecule has 0 aliphatic carbocycles. The van der Waals surface area contributed by atoms with Crippen LogP contribution in [-0.4, -0.2) is 22.7 Å². The Morgan fingerprint density at radius 3 is 2.68 bits per heavy atom. The number of carbonyl (C=O) groups excluding carboxylic acids is 1. The molecule has 0 aliphatic rings. The molecule has 0 saturated heterocycles. The molecular weight excluding hydrogens is 318 g/mol. The molecule has 1 heterocycles. The molecule has 0 unspecified atom stereocenters. The van der Waals surface area contributed by atoms with Crippen molar-refractivity contribution in [3.05, 3.63) is 65.7 Å². The van der Waals surface area contributed by atoms with E-state index in [1.54, 1.807) is 24.3 Å². The largest absolute Gasteiger partial charge is 0.392 e. The molecule has 0 atom stereocenters. The fourth-order valence-corrected chi connectivity index (χ4v) is 2.36. The van der Waals surface area contributed by atoms with E-state index in [0.29, 0.717) is 17.0 Å². The van der Waals surface area contributed by atoms with Gasteiger partial charge < -0.3 is 14.9 Å². The van der Waals surface area contributed by atoms with E-state index in [4.69, 9.17) is 14.9 Å². The maximum atomic E-state index is 11.9. The van der Waals surface area contributed by atoms with Crippen LogP contribution in [0.2, 0.25) is 0 Å². The molecule has 0 fully saturated rings. The van der Waals surface area contributed by atoms with Crippen LogP contribution < -0.4 is 5.32 Å². The van der Waals surface area contributed by atoms with Crippen LogP contribution in [0.15, 0.2) is 59.1 Å². The summed E-state index contributed by atoms with van der Waals surface area (Å²) < 4.78 is 5.39. The summed E-state index contributed by atoms with van der Waals surface area (Å²) in [6.07, 6.45) is 0. The topological polar surface area (TPSA) is 99.2 Å². The number of nitrogens with one attached hydrogen (secondary N) is 1. The van der Waals surface area contributed by atoms with Crippen LogP contribution >= 0.6 is 0 Å². The van der Waals surface area contributed by atoms with Gasteiger partial charge in [-0.1, -0.05) is 41.6 Å². The zero-order valence-electron chi connectivity index (χ0n) is 13.3. The van der Waals surface area contributed by atoms with Gasteiger partial charge in [-0.3, -0.25) is 4.79 Å². The zero-order valence-corrected chi connectivity index (χ0v) is 13.3. The Bertz CT molecular complexity index is 924. The van der Waals surface area contributed by atoms with Crippen molar-refractivity contribution in [2.24, 2.45) is 0 Å². The lowest BCUT2D eigenvalue weighted by Crippen LogP contribution is -2.23. The Balaban J connectivity index is 1.84. The molecule has 0 radical (unpaired) electrons. The third-order valence-corrected chi connectivity index (χ3v) is 3.68. The predicted octanol–water partition coefficient (Wildman–Crippen LogP) is 2.75. The van der Waals surface area contributed by atoms with Gasteiger partial charge in [-0.25, -0.2) is 0 Å². The van der Waals surface area contributed by atoms with Gasteiger partial charge in [-0.15, -0.1) is 0 Å². The van der Waals surface area contributed by atoms with E-state index in [1.165, 1.54) is 0 Å². The SMILES string of the molecule is N#CCNC(=O)c1cccc(-c2cc(-c3ccc(CO)cc3)on2)c1. The van der Waals surface area contributed by atoms with Gasteiger partial charge in [0.15, 0.2) is 5.76 Å². The molecule has 1 amide bonds. The maximum Gasteiger partial charge on any atom is 0.252 e. The minimum absolute atomic E-state index is 0.0113. The fourth-order valence-electron chi connectivity index (χ4n) is 2.36. The second-order valence-electron chi connectivity index (χ2n) is 5.35. The quantitative estimate of drug-likeness (QED) is 0.699. The number of nitrogens with zero attached hydrogens (tertiary/aromatic N) is 2. The second kappa shape index (κ2) is 7.43. The van der Waals surface area contributed by atoms with Gasteiger partial charge in [0.05, 0.1) is 12.7 Å². The highest BCUT2D eigenvalue weighted by molar-refractivity contribution is 5.95. The average molecular weight is 333 g/mol. The van der Waals surface area contributed by atoms with Crippen molar-refractivity contribution >= 4 is 5.91 Å². The van der Waals surface area contributed by atoms with Crippen LogP contribution in [0.1, 0.15) is 15.9 Å². The zero-order chi connectivity index (χ0) is 17.6. The molecule has 25 heavy (non-hydrogen) atoms. The van der Waals surface area contributed by atoms with Crippen molar-refractivity contribution in [2.75, 3.05) is 6.54 Å². The summed E-state index contributed by atoms with van der Waals surface area (Å²) in [4.78, 5) is 11.9. The van der Waals surface area contributed by atoms with E-state index in [2.05, 4.69) is 10.5 Å². The van der Waals surface area contributed by atoms with E-state index < -0.39 is 0 Å². The van der Waals surface area contributed by atoms with Gasteiger partial charge in [-0.05, 0) is 17.7 Å². The number of carbonyl (C=O) groups is 1. The third kappa shape index (κ3) is 3.74. The molecule has 0 aliphatic heterocycles. The Morgan fingerprint density at radius 2 is 1.96 bits per heavy atom. The standard InChI is InChI=1S/C19H15N3O3/c20-8-9-21-19(24)16-3-1-2-15(10-16)17-11-18(25-22-17)14-6-4-13(12-23)5-7-14/h1-7,10-11,23H,9,12H2,(H,21,24). The molecule has 3 aromatic rings. The van der Waals surface area contributed by atoms with Crippen LogP contribution in [0.4, 0.5) is 0 Å². The third-order valence-electron chi connectivity index (χ3n) is 3.68. The van der Waals surface area contributed by atoms with Crippen molar-refractivity contribution in [3.63, 3.8) is 0 Å². The lowest BCUT2D eigenvalue weighted by atomic mass is 10.1. The lowest BCUT2D eigenvalue weighted by Gasteiger charge is -2.02. The van der Waals surface area contributed by atoms with Gasteiger partial charge in [-0.2, -0.15) is 5.26 Å². The lowest BCUT2D eigenvalue weighted by molar-refractivity contribution is 0.0958. The summed E-state index contributed by atoms with van der Waals surface area (Å²) in [7, 11) is 0. The highest BCUT2D eigenvalue weighted by atomic mass is 16.5. The predicted molar refractivity (Wildman–Crippen MR) is 91.2 cm³/mol. The Labute approximate surface area is 144 Å². The molecule has 6 heteroatoms. The van der Waals surface area contributed by atoms with E-state index >= 15 is 0 Å². The van der Waals surface area contributed by atoms with E-state index in [0.717, 1.165) is 16.7 Å². The smallest absolute Gasteiger partial charge is 0.252 e. The number of aliphatic hydroxyl groups excluding tert-OH is 1. The molecule has 6 nitrogen and oxygen atoms in total. The normalized spacial score (nSPS) is 10.2. The maximum absolute atomic E-state index is 11.9. The second-order valence-corrected chi connectivity index (χ2v) is 5.35. The van der Waals surface area contributed by atoms with E-state index in [9.17, 15) is 4.79 Å². The summed E-state index contributed by atoms with van der Waals surface area (Å²) in [6.45, 7) is -0.0520. The average Bonchev–Trinajstić information content (AvgIpc) is 3.16. The van der Waals surface area contributed by atoms with Gasteiger partial charge in [0.2, 0.25) is 0 Å². The van der Waals surface area contributed by atoms with Gasteiger partial charge in [0.25, 0.3) is 5.91 Å². The molecule has 2 aromatic carbocycles. The number of benzene rings is 2. The molecule has 0 saturated carbocycles. The van der Waals surface area contributed by atoms with Crippen molar-refractivity contribution in [2.45, 2.75) is 6.61 Å². The molecule has 0 spiro atoms. The number of aromatic nitrogens is 1. The summed E-state index contributed by atoms with van der Waals surface area (Å²) in [6, 6.07) is 17.9. The minimum atomic E-state index is -0.313. The summed E-state index contributed by atoms with van der Waals surface area (Å²) in [5.41, 5.74) is 3.46.